The zero-order valence-electron chi connectivity index (χ0n) is 52.9. The summed E-state index contributed by atoms with van der Waals surface area (Å²) in [7, 11) is 0. The molecule has 6 heteroatoms. The van der Waals surface area contributed by atoms with Crippen molar-refractivity contribution in [1.29, 1.82) is 0 Å². The average Bonchev–Trinajstić information content (AvgIpc) is 3.45. The molecule has 0 aliphatic carbocycles. The lowest BCUT2D eigenvalue weighted by Crippen LogP contribution is -2.30. The van der Waals surface area contributed by atoms with Crippen LogP contribution in [0.25, 0.3) is 0 Å². The van der Waals surface area contributed by atoms with Crippen LogP contribution in [0.1, 0.15) is 367 Å². The standard InChI is InChI=1S/C73H132O6/c1-4-7-10-13-16-19-22-25-28-30-31-32-33-34-35-36-37-38-39-40-41-43-45-48-51-54-57-60-63-66-72(75)78-69-70(68-77-71(74)65-62-59-56-53-50-47-44-27-24-21-18-15-12-9-6-3)79-73(76)67-64-61-58-55-52-49-46-42-29-26-23-20-17-14-11-8-5-2/h17,20,22,25-27,29-31,44,70H,4-16,18-19,21,23-24,28,32-43,45-69H2,1-3H3/b20-17-,25-22-,29-26-,31-30-,44-27-. The molecule has 0 aromatic rings. The smallest absolute Gasteiger partial charge is 0.306 e. The number of esters is 3. The van der Waals surface area contributed by atoms with E-state index in [0.717, 1.165) is 83.5 Å². The van der Waals surface area contributed by atoms with Gasteiger partial charge in [-0.15, -0.1) is 0 Å². The molecule has 0 bridgehead atoms. The van der Waals surface area contributed by atoms with Crippen LogP contribution in [0.5, 0.6) is 0 Å². The highest BCUT2D eigenvalue weighted by Gasteiger charge is 2.19. The largest absolute Gasteiger partial charge is 0.462 e. The van der Waals surface area contributed by atoms with Crippen molar-refractivity contribution < 1.29 is 28.6 Å². The maximum Gasteiger partial charge on any atom is 0.306 e. The zero-order chi connectivity index (χ0) is 57.1. The van der Waals surface area contributed by atoms with Crippen molar-refractivity contribution >= 4 is 17.9 Å². The molecule has 0 aromatic heterocycles. The maximum atomic E-state index is 12.9. The fraction of sp³-hybridized carbons (Fsp3) is 0.822. The first-order valence-electron chi connectivity index (χ1n) is 34.8. The Balaban J connectivity index is 4.23. The van der Waals surface area contributed by atoms with E-state index in [-0.39, 0.29) is 31.1 Å². The third-order valence-corrected chi connectivity index (χ3v) is 15.5. The predicted molar refractivity (Wildman–Crippen MR) is 344 cm³/mol. The van der Waals surface area contributed by atoms with E-state index in [9.17, 15) is 14.4 Å². The summed E-state index contributed by atoms with van der Waals surface area (Å²) in [6.45, 7) is 6.64. The van der Waals surface area contributed by atoms with Crippen molar-refractivity contribution in [2.75, 3.05) is 13.2 Å². The zero-order valence-corrected chi connectivity index (χ0v) is 52.9. The van der Waals surface area contributed by atoms with Gasteiger partial charge in [0.15, 0.2) is 6.10 Å². The minimum absolute atomic E-state index is 0.0769. The van der Waals surface area contributed by atoms with Gasteiger partial charge in [0, 0.05) is 19.3 Å². The van der Waals surface area contributed by atoms with Crippen LogP contribution in [0, 0.1) is 0 Å². The quantitative estimate of drug-likeness (QED) is 0.0261. The molecule has 0 aromatic carbocycles. The molecule has 0 heterocycles. The molecule has 0 saturated heterocycles. The van der Waals surface area contributed by atoms with Crippen LogP contribution in [0.15, 0.2) is 60.8 Å². The fourth-order valence-corrected chi connectivity index (χ4v) is 10.2. The Morgan fingerprint density at radius 3 is 0.734 bits per heavy atom. The summed E-state index contributed by atoms with van der Waals surface area (Å²) in [6.07, 6.45) is 86.7. The molecule has 0 amide bonds. The molecule has 0 fully saturated rings. The second kappa shape index (κ2) is 67.6. The van der Waals surface area contributed by atoms with E-state index in [1.807, 2.05) is 0 Å². The lowest BCUT2D eigenvalue weighted by Gasteiger charge is -2.18. The Labute approximate surface area is 491 Å². The Morgan fingerprint density at radius 2 is 0.456 bits per heavy atom. The van der Waals surface area contributed by atoms with E-state index >= 15 is 0 Å². The molecular weight excluding hydrogens is 973 g/mol. The molecule has 0 rings (SSSR count). The van der Waals surface area contributed by atoms with Gasteiger partial charge in [-0.25, -0.2) is 0 Å². The second-order valence-electron chi connectivity index (χ2n) is 23.4. The molecule has 1 unspecified atom stereocenters. The van der Waals surface area contributed by atoms with Crippen LogP contribution in [0.4, 0.5) is 0 Å². The van der Waals surface area contributed by atoms with Crippen molar-refractivity contribution in [1.82, 2.24) is 0 Å². The van der Waals surface area contributed by atoms with E-state index < -0.39 is 6.10 Å². The van der Waals surface area contributed by atoms with E-state index in [1.54, 1.807) is 0 Å². The molecule has 0 N–H and O–H groups in total. The first-order chi connectivity index (χ1) is 39.0. The van der Waals surface area contributed by atoms with Gasteiger partial charge in [-0.1, -0.05) is 300 Å². The second-order valence-corrected chi connectivity index (χ2v) is 23.4. The van der Waals surface area contributed by atoms with E-state index in [4.69, 9.17) is 14.2 Å². The SMILES string of the molecule is CCCCC/C=C\C/C=C\CCCCCCCCCC(=O)OC(COC(=O)CCCCCCC/C=C\CCCCCCCC)COC(=O)CCCCCCCCCCCCCCCCCCC/C=C\C/C=C\CCCCCCC. The van der Waals surface area contributed by atoms with Gasteiger partial charge in [0.1, 0.15) is 13.2 Å². The summed E-state index contributed by atoms with van der Waals surface area (Å²) in [5, 5.41) is 0. The van der Waals surface area contributed by atoms with Gasteiger partial charge in [0.05, 0.1) is 0 Å². The van der Waals surface area contributed by atoms with Gasteiger partial charge in [0.25, 0.3) is 0 Å². The van der Waals surface area contributed by atoms with E-state index in [2.05, 4.69) is 81.5 Å². The lowest BCUT2D eigenvalue weighted by molar-refractivity contribution is -0.167. The molecular formula is C73H132O6. The predicted octanol–water partition coefficient (Wildman–Crippen LogP) is 23.9. The molecule has 79 heavy (non-hydrogen) atoms. The number of rotatable bonds is 64. The molecule has 0 aliphatic heterocycles. The summed E-state index contributed by atoms with van der Waals surface area (Å²) in [5.74, 6) is -0.872. The van der Waals surface area contributed by atoms with Crippen LogP contribution < -0.4 is 0 Å². The topological polar surface area (TPSA) is 78.9 Å². The number of carbonyl (C=O) groups excluding carboxylic acids is 3. The molecule has 0 aliphatic rings. The Bertz CT molecular complexity index is 1410. The van der Waals surface area contributed by atoms with Crippen molar-refractivity contribution in [3.05, 3.63) is 60.8 Å². The van der Waals surface area contributed by atoms with Crippen molar-refractivity contribution in [2.24, 2.45) is 0 Å². The highest BCUT2D eigenvalue weighted by atomic mass is 16.6. The highest BCUT2D eigenvalue weighted by Crippen LogP contribution is 2.17. The van der Waals surface area contributed by atoms with Crippen LogP contribution in [-0.4, -0.2) is 37.2 Å². The van der Waals surface area contributed by atoms with Gasteiger partial charge in [-0.05, 0) is 109 Å². The van der Waals surface area contributed by atoms with Gasteiger partial charge in [-0.2, -0.15) is 0 Å². The lowest BCUT2D eigenvalue weighted by atomic mass is 10.0. The summed E-state index contributed by atoms with van der Waals surface area (Å²) < 4.78 is 17.0. The monoisotopic (exact) mass is 1110 g/mol. The normalized spacial score (nSPS) is 12.4. The number of ether oxygens (including phenoxy) is 3. The van der Waals surface area contributed by atoms with Crippen LogP contribution in [-0.2, 0) is 28.6 Å². The van der Waals surface area contributed by atoms with Gasteiger partial charge in [-0.3, -0.25) is 14.4 Å². The first kappa shape index (κ1) is 76.1. The van der Waals surface area contributed by atoms with Crippen molar-refractivity contribution in [3.63, 3.8) is 0 Å². The van der Waals surface area contributed by atoms with E-state index in [0.29, 0.717) is 19.3 Å². The minimum Gasteiger partial charge on any atom is -0.462 e. The molecule has 460 valence electrons. The number of hydrogen-bond donors (Lipinski definition) is 0. The number of allylic oxidation sites excluding steroid dienone is 10. The Morgan fingerprint density at radius 1 is 0.253 bits per heavy atom. The molecule has 0 spiro atoms. The maximum absolute atomic E-state index is 12.9. The fourth-order valence-electron chi connectivity index (χ4n) is 10.2. The minimum atomic E-state index is -0.782. The first-order valence-corrected chi connectivity index (χ1v) is 34.8. The summed E-state index contributed by atoms with van der Waals surface area (Å²) in [4.78, 5) is 38.4. The number of unbranched alkanes of at least 4 members (excludes halogenated alkanes) is 43. The molecule has 0 radical (unpaired) electrons. The van der Waals surface area contributed by atoms with Crippen LogP contribution >= 0.6 is 0 Å². The number of hydrogen-bond acceptors (Lipinski definition) is 6. The van der Waals surface area contributed by atoms with Gasteiger partial charge >= 0.3 is 17.9 Å². The molecule has 6 nitrogen and oxygen atoms in total. The van der Waals surface area contributed by atoms with Crippen molar-refractivity contribution in [2.45, 2.75) is 374 Å². The average molecular weight is 1110 g/mol. The Hall–Kier alpha value is -2.89. The number of carbonyl (C=O) groups is 3. The third-order valence-electron chi connectivity index (χ3n) is 15.5. The van der Waals surface area contributed by atoms with Crippen molar-refractivity contribution in [3.8, 4) is 0 Å². The Kier molecular flexibility index (Phi) is 65.1. The van der Waals surface area contributed by atoms with Gasteiger partial charge < -0.3 is 14.2 Å². The molecule has 1 atom stereocenters. The van der Waals surface area contributed by atoms with Crippen LogP contribution in [0.2, 0.25) is 0 Å². The summed E-state index contributed by atoms with van der Waals surface area (Å²) >= 11 is 0. The van der Waals surface area contributed by atoms with Crippen LogP contribution in [0.3, 0.4) is 0 Å². The highest BCUT2D eigenvalue weighted by molar-refractivity contribution is 5.71. The van der Waals surface area contributed by atoms with E-state index in [1.165, 1.54) is 244 Å². The molecule has 0 saturated carbocycles. The summed E-state index contributed by atoms with van der Waals surface area (Å²) in [5.41, 5.74) is 0. The van der Waals surface area contributed by atoms with Gasteiger partial charge in [0.2, 0.25) is 0 Å². The summed E-state index contributed by atoms with van der Waals surface area (Å²) in [6, 6.07) is 0. The third kappa shape index (κ3) is 65.8.